The van der Waals surface area contributed by atoms with E-state index in [9.17, 15) is 4.79 Å². The largest absolute Gasteiger partial charge is 0.341 e. The molecule has 1 amide bonds. The fourth-order valence-electron chi connectivity index (χ4n) is 4.05. The summed E-state index contributed by atoms with van der Waals surface area (Å²) in [6, 6.07) is 0. The highest BCUT2D eigenvalue weighted by molar-refractivity contribution is 5.78. The average molecular weight is 440 g/mol. The summed E-state index contributed by atoms with van der Waals surface area (Å²) in [5, 5.41) is 0. The van der Waals surface area contributed by atoms with Gasteiger partial charge in [0.05, 0.1) is 6.54 Å². The molecule has 0 fully saturated rings. The molecule has 0 heterocycles. The van der Waals surface area contributed by atoms with Crippen LogP contribution in [0.5, 0.6) is 0 Å². The summed E-state index contributed by atoms with van der Waals surface area (Å²) < 4.78 is 0. The zero-order valence-corrected chi connectivity index (χ0v) is 22.1. The molecule has 186 valence electrons. The van der Waals surface area contributed by atoms with E-state index in [4.69, 9.17) is 0 Å². The van der Waals surface area contributed by atoms with Gasteiger partial charge in [-0.25, -0.2) is 0 Å². The van der Waals surface area contributed by atoms with Crippen molar-refractivity contribution in [1.29, 1.82) is 0 Å². The first-order chi connectivity index (χ1) is 15.1. The average Bonchev–Trinajstić information content (AvgIpc) is 2.77. The maximum Gasteiger partial charge on any atom is 0.236 e. The second-order valence-corrected chi connectivity index (χ2v) is 9.39. The molecule has 4 heteroatoms. The first-order valence-electron chi connectivity index (χ1n) is 13.8. The van der Waals surface area contributed by atoms with Crippen LogP contribution in [0, 0.1) is 0 Å². The van der Waals surface area contributed by atoms with Crippen LogP contribution in [0.2, 0.25) is 0 Å². The molecule has 0 radical (unpaired) electrons. The van der Waals surface area contributed by atoms with Crippen molar-refractivity contribution < 1.29 is 4.79 Å². The van der Waals surface area contributed by atoms with Crippen LogP contribution in [0.25, 0.3) is 0 Å². The number of unbranched alkanes of at least 4 members (excludes halogenated alkanes) is 12. The molecule has 0 aromatic heterocycles. The predicted molar refractivity (Wildman–Crippen MR) is 138 cm³/mol. The third-order valence-corrected chi connectivity index (χ3v) is 6.54. The smallest absolute Gasteiger partial charge is 0.236 e. The molecule has 0 aromatic rings. The molecular formula is C27H57N3O. The van der Waals surface area contributed by atoms with Gasteiger partial charge in [0.25, 0.3) is 0 Å². The molecule has 0 aliphatic carbocycles. The number of amides is 1. The molecule has 0 saturated carbocycles. The van der Waals surface area contributed by atoms with E-state index in [1.54, 1.807) is 0 Å². The Balaban J connectivity index is 4.39. The van der Waals surface area contributed by atoms with Crippen molar-refractivity contribution in [1.82, 2.24) is 14.7 Å². The number of carbonyl (C=O) groups is 1. The minimum atomic E-state index is 0.317. The second kappa shape index (κ2) is 22.6. The standard InChI is InChI=1S/C27H57N3O/c1-6-10-12-14-16-18-20-22-29(23-21-19-17-15-13-11-7-2)26-27(31)30(9-4)25-24-28(5)8-3/h6-26H2,1-5H3. The lowest BCUT2D eigenvalue weighted by Gasteiger charge is -2.28. The van der Waals surface area contributed by atoms with Crippen LogP contribution in [0.3, 0.4) is 0 Å². The SMILES string of the molecule is CCCCCCCCCN(CCCCCCCCC)CC(=O)N(CC)CCN(C)CC. The summed E-state index contributed by atoms with van der Waals surface area (Å²) in [5.41, 5.74) is 0. The van der Waals surface area contributed by atoms with Crippen LogP contribution in [-0.4, -0.2) is 73.5 Å². The Morgan fingerprint density at radius 2 is 1.00 bits per heavy atom. The van der Waals surface area contributed by atoms with Gasteiger partial charge in [-0.2, -0.15) is 0 Å². The van der Waals surface area contributed by atoms with E-state index in [1.165, 1.54) is 89.9 Å². The topological polar surface area (TPSA) is 26.8 Å². The number of hydrogen-bond donors (Lipinski definition) is 0. The van der Waals surface area contributed by atoms with Crippen LogP contribution in [-0.2, 0) is 4.79 Å². The Morgan fingerprint density at radius 1 is 0.548 bits per heavy atom. The third kappa shape index (κ3) is 18.6. The summed E-state index contributed by atoms with van der Waals surface area (Å²) in [7, 11) is 2.13. The molecular weight excluding hydrogens is 382 g/mol. The van der Waals surface area contributed by atoms with Crippen molar-refractivity contribution in [2.24, 2.45) is 0 Å². The molecule has 0 rings (SSSR count). The summed E-state index contributed by atoms with van der Waals surface area (Å²) >= 11 is 0. The number of rotatable bonds is 23. The minimum absolute atomic E-state index is 0.317. The van der Waals surface area contributed by atoms with E-state index in [0.717, 1.165) is 39.3 Å². The lowest BCUT2D eigenvalue weighted by atomic mass is 10.1. The summed E-state index contributed by atoms with van der Waals surface area (Å²) in [6.07, 6.45) is 18.7. The summed E-state index contributed by atoms with van der Waals surface area (Å²) in [5.74, 6) is 0.317. The molecule has 0 saturated heterocycles. The van der Waals surface area contributed by atoms with Gasteiger partial charge in [0.2, 0.25) is 5.91 Å². The first kappa shape index (κ1) is 30.4. The van der Waals surface area contributed by atoms with Crippen LogP contribution < -0.4 is 0 Å². The van der Waals surface area contributed by atoms with Gasteiger partial charge in [-0.05, 0) is 46.4 Å². The zero-order valence-electron chi connectivity index (χ0n) is 22.1. The van der Waals surface area contributed by atoms with Crippen molar-refractivity contribution in [2.75, 3.05) is 52.9 Å². The molecule has 0 aliphatic rings. The zero-order chi connectivity index (χ0) is 23.2. The maximum absolute atomic E-state index is 13.0. The Bertz CT molecular complexity index is 371. The van der Waals surface area contributed by atoms with Gasteiger partial charge >= 0.3 is 0 Å². The van der Waals surface area contributed by atoms with Gasteiger partial charge in [-0.15, -0.1) is 0 Å². The number of carbonyl (C=O) groups excluding carboxylic acids is 1. The maximum atomic E-state index is 13.0. The Labute approximate surface area is 196 Å². The number of likely N-dealkylation sites (N-methyl/N-ethyl adjacent to an activating group) is 2. The fourth-order valence-corrected chi connectivity index (χ4v) is 4.05. The van der Waals surface area contributed by atoms with E-state index in [1.807, 2.05) is 0 Å². The van der Waals surface area contributed by atoms with Gasteiger partial charge in [0, 0.05) is 19.6 Å². The second-order valence-electron chi connectivity index (χ2n) is 9.39. The molecule has 31 heavy (non-hydrogen) atoms. The van der Waals surface area contributed by atoms with Crippen molar-refractivity contribution >= 4 is 5.91 Å². The molecule has 0 aliphatic heterocycles. The van der Waals surface area contributed by atoms with Gasteiger partial charge in [0.1, 0.15) is 0 Å². The van der Waals surface area contributed by atoms with Crippen molar-refractivity contribution in [3.05, 3.63) is 0 Å². The molecule has 0 bridgehead atoms. The Morgan fingerprint density at radius 3 is 1.42 bits per heavy atom. The molecule has 0 aromatic carbocycles. The van der Waals surface area contributed by atoms with E-state index in [0.29, 0.717) is 12.5 Å². The quantitative estimate of drug-likeness (QED) is 0.168. The molecule has 0 N–H and O–H groups in total. The van der Waals surface area contributed by atoms with Crippen LogP contribution in [0.1, 0.15) is 118 Å². The molecule has 0 spiro atoms. The highest BCUT2D eigenvalue weighted by Gasteiger charge is 2.16. The first-order valence-corrected chi connectivity index (χ1v) is 13.8. The van der Waals surface area contributed by atoms with Crippen LogP contribution >= 0.6 is 0 Å². The number of nitrogens with zero attached hydrogens (tertiary/aromatic N) is 3. The third-order valence-electron chi connectivity index (χ3n) is 6.54. The molecule has 4 nitrogen and oxygen atoms in total. The van der Waals surface area contributed by atoms with Crippen LogP contribution in [0.4, 0.5) is 0 Å². The van der Waals surface area contributed by atoms with E-state index >= 15 is 0 Å². The van der Waals surface area contributed by atoms with E-state index in [2.05, 4.69) is 49.4 Å². The summed E-state index contributed by atoms with van der Waals surface area (Å²) in [6.45, 7) is 15.3. The van der Waals surface area contributed by atoms with Gasteiger partial charge in [-0.1, -0.05) is 97.8 Å². The highest BCUT2D eigenvalue weighted by atomic mass is 16.2. The normalized spacial score (nSPS) is 11.6. The monoisotopic (exact) mass is 439 g/mol. The van der Waals surface area contributed by atoms with Gasteiger partial charge in [-0.3, -0.25) is 9.69 Å². The van der Waals surface area contributed by atoms with Crippen molar-refractivity contribution in [3.63, 3.8) is 0 Å². The minimum Gasteiger partial charge on any atom is -0.341 e. The summed E-state index contributed by atoms with van der Waals surface area (Å²) in [4.78, 5) is 19.7. The van der Waals surface area contributed by atoms with E-state index < -0.39 is 0 Å². The Hall–Kier alpha value is -0.610. The number of hydrogen-bond acceptors (Lipinski definition) is 3. The Kier molecular flexibility index (Phi) is 22.1. The lowest BCUT2D eigenvalue weighted by Crippen LogP contribution is -2.43. The van der Waals surface area contributed by atoms with E-state index in [-0.39, 0.29) is 0 Å². The molecule has 0 unspecified atom stereocenters. The van der Waals surface area contributed by atoms with Crippen LogP contribution in [0.15, 0.2) is 0 Å². The fraction of sp³-hybridized carbons (Fsp3) is 0.963. The highest BCUT2D eigenvalue weighted by Crippen LogP contribution is 2.10. The van der Waals surface area contributed by atoms with Gasteiger partial charge in [0.15, 0.2) is 0 Å². The van der Waals surface area contributed by atoms with Crippen molar-refractivity contribution in [2.45, 2.75) is 118 Å². The molecule has 0 atom stereocenters. The predicted octanol–water partition coefficient (Wildman–Crippen LogP) is 6.59. The lowest BCUT2D eigenvalue weighted by molar-refractivity contribution is -0.132. The van der Waals surface area contributed by atoms with Gasteiger partial charge < -0.3 is 9.80 Å². The van der Waals surface area contributed by atoms with Crippen molar-refractivity contribution in [3.8, 4) is 0 Å².